The molecule has 2 nitrogen and oxygen atoms in total. The van der Waals surface area contributed by atoms with E-state index in [1.807, 2.05) is 12.1 Å². The van der Waals surface area contributed by atoms with Crippen LogP contribution in [-0.2, 0) is 6.54 Å². The Balaban J connectivity index is 2.29. The summed E-state index contributed by atoms with van der Waals surface area (Å²) in [6, 6.07) is 14.3. The maximum atomic E-state index is 6.09. The van der Waals surface area contributed by atoms with Crippen LogP contribution in [0.1, 0.15) is 18.9 Å². The molecule has 0 fully saturated rings. The zero-order valence-electron chi connectivity index (χ0n) is 11.7. The van der Waals surface area contributed by atoms with Gasteiger partial charge in [-0.3, -0.25) is 0 Å². The fourth-order valence-corrected chi connectivity index (χ4v) is 2.75. The van der Waals surface area contributed by atoms with Crippen molar-refractivity contribution in [1.29, 1.82) is 0 Å². The van der Waals surface area contributed by atoms with Crippen LogP contribution in [-0.4, -0.2) is 9.55 Å². The van der Waals surface area contributed by atoms with Crippen LogP contribution in [0.5, 0.6) is 0 Å². The molecule has 0 amide bonds. The summed E-state index contributed by atoms with van der Waals surface area (Å²) in [7, 11) is 0. The molecule has 0 aliphatic carbocycles. The van der Waals surface area contributed by atoms with Gasteiger partial charge < -0.3 is 4.57 Å². The second-order valence-corrected chi connectivity index (χ2v) is 5.47. The number of hydrogen-bond acceptors (Lipinski definition) is 1. The molecule has 0 saturated carbocycles. The van der Waals surface area contributed by atoms with Crippen molar-refractivity contribution in [2.24, 2.45) is 0 Å². The first-order valence-corrected chi connectivity index (χ1v) is 7.30. The third-order valence-electron chi connectivity index (χ3n) is 3.54. The average Bonchev–Trinajstić information content (AvgIpc) is 2.77. The van der Waals surface area contributed by atoms with E-state index in [9.17, 15) is 0 Å². The summed E-state index contributed by atoms with van der Waals surface area (Å²) in [5, 5.41) is 0.731. The quantitative estimate of drug-likeness (QED) is 0.656. The van der Waals surface area contributed by atoms with Gasteiger partial charge in [0.15, 0.2) is 0 Å². The maximum Gasteiger partial charge on any atom is 0.141 e. The first-order chi connectivity index (χ1) is 9.70. The van der Waals surface area contributed by atoms with Gasteiger partial charge in [0.1, 0.15) is 5.82 Å². The van der Waals surface area contributed by atoms with E-state index in [4.69, 9.17) is 16.6 Å². The Bertz CT molecular complexity index is 759. The summed E-state index contributed by atoms with van der Waals surface area (Å²) in [5.41, 5.74) is 4.54. The summed E-state index contributed by atoms with van der Waals surface area (Å²) in [5.74, 6) is 1.03. The molecule has 0 aliphatic heterocycles. The zero-order valence-corrected chi connectivity index (χ0v) is 12.5. The van der Waals surface area contributed by atoms with Crippen molar-refractivity contribution >= 4 is 22.6 Å². The van der Waals surface area contributed by atoms with Gasteiger partial charge in [0.25, 0.3) is 0 Å². The van der Waals surface area contributed by atoms with E-state index in [0.717, 1.165) is 34.8 Å². The van der Waals surface area contributed by atoms with Crippen molar-refractivity contribution in [3.63, 3.8) is 0 Å². The molecule has 3 aromatic rings. The second-order valence-electron chi connectivity index (χ2n) is 5.04. The standard InChI is InChI=1S/C17H17ClN2/c1-3-10-20-16-9-8-13(18)11-15(16)19-17(20)14-7-5-4-6-12(14)2/h4-9,11H,3,10H2,1-2H3. The number of nitrogens with zero attached hydrogens (tertiary/aromatic N) is 2. The number of halogens is 1. The van der Waals surface area contributed by atoms with E-state index >= 15 is 0 Å². The van der Waals surface area contributed by atoms with E-state index < -0.39 is 0 Å². The molecule has 0 aliphatic rings. The van der Waals surface area contributed by atoms with Crippen molar-refractivity contribution in [3.8, 4) is 11.4 Å². The largest absolute Gasteiger partial charge is 0.324 e. The minimum atomic E-state index is 0.731. The van der Waals surface area contributed by atoms with Gasteiger partial charge in [-0.2, -0.15) is 0 Å². The first kappa shape index (κ1) is 13.2. The van der Waals surface area contributed by atoms with E-state index in [2.05, 4.69) is 48.7 Å². The molecule has 0 bridgehead atoms. The van der Waals surface area contributed by atoms with Gasteiger partial charge >= 0.3 is 0 Å². The van der Waals surface area contributed by atoms with Crippen LogP contribution in [0.2, 0.25) is 5.02 Å². The van der Waals surface area contributed by atoms with Gasteiger partial charge in [0.2, 0.25) is 0 Å². The fourth-order valence-electron chi connectivity index (χ4n) is 2.58. The minimum absolute atomic E-state index is 0.731. The molecule has 102 valence electrons. The first-order valence-electron chi connectivity index (χ1n) is 6.92. The van der Waals surface area contributed by atoms with Crippen LogP contribution >= 0.6 is 11.6 Å². The predicted molar refractivity (Wildman–Crippen MR) is 85.2 cm³/mol. The number of aryl methyl sites for hydroxylation is 2. The highest BCUT2D eigenvalue weighted by atomic mass is 35.5. The van der Waals surface area contributed by atoms with Gasteiger partial charge in [0, 0.05) is 17.1 Å². The molecule has 1 heterocycles. The Kier molecular flexibility index (Phi) is 3.49. The van der Waals surface area contributed by atoms with Gasteiger partial charge in [0.05, 0.1) is 11.0 Å². The van der Waals surface area contributed by atoms with Crippen LogP contribution in [0.15, 0.2) is 42.5 Å². The molecular formula is C17H17ClN2. The summed E-state index contributed by atoms with van der Waals surface area (Å²) in [4.78, 5) is 4.80. The Labute approximate surface area is 124 Å². The van der Waals surface area contributed by atoms with E-state index in [-0.39, 0.29) is 0 Å². The summed E-state index contributed by atoms with van der Waals surface area (Å²) >= 11 is 6.09. The summed E-state index contributed by atoms with van der Waals surface area (Å²) in [6.45, 7) is 5.27. The number of hydrogen-bond donors (Lipinski definition) is 0. The van der Waals surface area contributed by atoms with Gasteiger partial charge in [-0.25, -0.2) is 4.98 Å². The molecule has 3 heteroatoms. The molecule has 0 atom stereocenters. The lowest BCUT2D eigenvalue weighted by Gasteiger charge is -2.09. The third kappa shape index (κ3) is 2.20. The van der Waals surface area contributed by atoms with E-state index in [1.54, 1.807) is 0 Å². The van der Waals surface area contributed by atoms with Gasteiger partial charge in [-0.1, -0.05) is 42.8 Å². The molecular weight excluding hydrogens is 268 g/mol. The third-order valence-corrected chi connectivity index (χ3v) is 3.78. The van der Waals surface area contributed by atoms with Crippen molar-refractivity contribution in [2.45, 2.75) is 26.8 Å². The molecule has 0 saturated heterocycles. The minimum Gasteiger partial charge on any atom is -0.324 e. The lowest BCUT2D eigenvalue weighted by Crippen LogP contribution is -2.00. The van der Waals surface area contributed by atoms with Crippen molar-refractivity contribution < 1.29 is 0 Å². The van der Waals surface area contributed by atoms with Crippen molar-refractivity contribution in [1.82, 2.24) is 9.55 Å². The Morgan fingerprint density at radius 1 is 1.15 bits per heavy atom. The van der Waals surface area contributed by atoms with E-state index in [0.29, 0.717) is 0 Å². The predicted octanol–water partition coefficient (Wildman–Crippen LogP) is 5.08. The maximum absolute atomic E-state index is 6.09. The van der Waals surface area contributed by atoms with Crippen LogP contribution in [0, 0.1) is 6.92 Å². The molecule has 1 aromatic heterocycles. The van der Waals surface area contributed by atoms with Crippen molar-refractivity contribution in [2.75, 3.05) is 0 Å². The highest BCUT2D eigenvalue weighted by Gasteiger charge is 2.13. The average molecular weight is 285 g/mol. The smallest absolute Gasteiger partial charge is 0.141 e. The fraction of sp³-hybridized carbons (Fsp3) is 0.235. The molecule has 3 rings (SSSR count). The van der Waals surface area contributed by atoms with Gasteiger partial charge in [-0.05, 0) is 37.1 Å². The molecule has 0 radical (unpaired) electrons. The Hall–Kier alpha value is -1.80. The molecule has 2 aromatic carbocycles. The van der Waals surface area contributed by atoms with Crippen LogP contribution in [0.4, 0.5) is 0 Å². The Morgan fingerprint density at radius 3 is 2.70 bits per heavy atom. The normalized spacial score (nSPS) is 11.2. The molecule has 0 unspecified atom stereocenters. The molecule has 0 spiro atoms. The van der Waals surface area contributed by atoms with Crippen LogP contribution < -0.4 is 0 Å². The zero-order chi connectivity index (χ0) is 14.1. The highest BCUT2D eigenvalue weighted by Crippen LogP contribution is 2.28. The summed E-state index contributed by atoms with van der Waals surface area (Å²) < 4.78 is 2.29. The lowest BCUT2D eigenvalue weighted by atomic mass is 10.1. The number of fused-ring (bicyclic) bond motifs is 1. The Morgan fingerprint density at radius 2 is 1.95 bits per heavy atom. The number of imidazole rings is 1. The number of aromatic nitrogens is 2. The number of rotatable bonds is 3. The SMILES string of the molecule is CCCn1c(-c2ccccc2C)nc2cc(Cl)ccc21. The lowest BCUT2D eigenvalue weighted by molar-refractivity contribution is 0.704. The number of benzene rings is 2. The van der Waals surface area contributed by atoms with Gasteiger partial charge in [-0.15, -0.1) is 0 Å². The monoisotopic (exact) mass is 284 g/mol. The highest BCUT2D eigenvalue weighted by molar-refractivity contribution is 6.31. The van der Waals surface area contributed by atoms with E-state index in [1.165, 1.54) is 11.1 Å². The van der Waals surface area contributed by atoms with Crippen molar-refractivity contribution in [3.05, 3.63) is 53.1 Å². The summed E-state index contributed by atoms with van der Waals surface area (Å²) in [6.07, 6.45) is 1.08. The van der Waals surface area contributed by atoms with Crippen LogP contribution in [0.3, 0.4) is 0 Å². The molecule has 20 heavy (non-hydrogen) atoms. The molecule has 0 N–H and O–H groups in total. The second kappa shape index (κ2) is 5.29. The topological polar surface area (TPSA) is 17.8 Å². The van der Waals surface area contributed by atoms with Crippen LogP contribution in [0.25, 0.3) is 22.4 Å².